The maximum Gasteiger partial charge on any atom is 0.208 e. The van der Waals surface area contributed by atoms with E-state index in [9.17, 15) is 0 Å². The SMILES string of the molecule is C=C(CC)c1ccccc1[SiH]1CCCCO1. The van der Waals surface area contributed by atoms with Crippen molar-refractivity contribution in [1.29, 1.82) is 0 Å². The molecule has 1 saturated heterocycles. The van der Waals surface area contributed by atoms with Crippen LogP contribution in [0.4, 0.5) is 0 Å². The summed E-state index contributed by atoms with van der Waals surface area (Å²) in [7, 11) is -1.15. The molecule has 1 aliphatic rings. The van der Waals surface area contributed by atoms with Crippen molar-refractivity contribution < 1.29 is 4.43 Å². The molecule has 1 nitrogen and oxygen atoms in total. The lowest BCUT2D eigenvalue weighted by molar-refractivity contribution is 0.294. The molecular weight excluding hydrogens is 212 g/mol. The van der Waals surface area contributed by atoms with Crippen LogP contribution in [0.15, 0.2) is 30.8 Å². The molecule has 86 valence electrons. The van der Waals surface area contributed by atoms with E-state index < -0.39 is 9.04 Å². The van der Waals surface area contributed by atoms with Crippen molar-refractivity contribution in [1.82, 2.24) is 0 Å². The van der Waals surface area contributed by atoms with Crippen LogP contribution in [0, 0.1) is 0 Å². The molecule has 0 radical (unpaired) electrons. The van der Waals surface area contributed by atoms with Gasteiger partial charge in [-0.2, -0.15) is 0 Å². The van der Waals surface area contributed by atoms with E-state index in [0.717, 1.165) is 13.0 Å². The van der Waals surface area contributed by atoms with Crippen LogP contribution in [0.1, 0.15) is 31.7 Å². The minimum Gasteiger partial charge on any atom is -0.415 e. The molecule has 0 aliphatic carbocycles. The summed E-state index contributed by atoms with van der Waals surface area (Å²) >= 11 is 0. The van der Waals surface area contributed by atoms with E-state index in [4.69, 9.17) is 4.43 Å². The highest BCUT2D eigenvalue weighted by atomic mass is 28.3. The van der Waals surface area contributed by atoms with Gasteiger partial charge in [-0.1, -0.05) is 44.2 Å². The van der Waals surface area contributed by atoms with Crippen molar-refractivity contribution in [2.75, 3.05) is 6.61 Å². The predicted molar refractivity (Wildman–Crippen MR) is 72.5 cm³/mol. The lowest BCUT2D eigenvalue weighted by atomic mass is 10.1. The molecular formula is C14H20OSi. The zero-order valence-corrected chi connectivity index (χ0v) is 11.2. The van der Waals surface area contributed by atoms with Gasteiger partial charge in [0.1, 0.15) is 0 Å². The first-order valence-corrected chi connectivity index (χ1v) is 8.08. The molecule has 1 fully saturated rings. The minimum atomic E-state index is -1.15. The molecule has 0 N–H and O–H groups in total. The Kier molecular flexibility index (Phi) is 3.96. The largest absolute Gasteiger partial charge is 0.415 e. The highest BCUT2D eigenvalue weighted by molar-refractivity contribution is 6.68. The van der Waals surface area contributed by atoms with E-state index in [1.165, 1.54) is 35.2 Å². The Morgan fingerprint density at radius 3 is 2.88 bits per heavy atom. The first-order chi connectivity index (χ1) is 7.83. The second-order valence-electron chi connectivity index (χ2n) is 4.40. The molecule has 0 spiro atoms. The number of allylic oxidation sites excluding steroid dienone is 1. The molecule has 1 heterocycles. The Bertz CT molecular complexity index is 367. The van der Waals surface area contributed by atoms with E-state index in [0.29, 0.717) is 0 Å². The second kappa shape index (κ2) is 5.46. The van der Waals surface area contributed by atoms with Gasteiger partial charge in [0.05, 0.1) is 0 Å². The van der Waals surface area contributed by atoms with E-state index in [1.807, 2.05) is 0 Å². The fraction of sp³-hybridized carbons (Fsp3) is 0.429. The molecule has 16 heavy (non-hydrogen) atoms. The van der Waals surface area contributed by atoms with Crippen LogP contribution in [0.2, 0.25) is 6.04 Å². The molecule has 1 aromatic rings. The van der Waals surface area contributed by atoms with Crippen LogP contribution < -0.4 is 5.19 Å². The molecule has 2 rings (SSSR count). The molecule has 1 aliphatic heterocycles. The third-order valence-electron chi connectivity index (χ3n) is 3.30. The van der Waals surface area contributed by atoms with Gasteiger partial charge < -0.3 is 4.43 Å². The van der Waals surface area contributed by atoms with Crippen LogP contribution in [-0.2, 0) is 4.43 Å². The zero-order valence-electron chi connectivity index (χ0n) is 10.0. The van der Waals surface area contributed by atoms with Crippen LogP contribution in [-0.4, -0.2) is 15.6 Å². The quantitative estimate of drug-likeness (QED) is 0.728. The Morgan fingerprint density at radius 1 is 1.38 bits per heavy atom. The summed E-state index contributed by atoms with van der Waals surface area (Å²) < 4.78 is 6.00. The van der Waals surface area contributed by atoms with Gasteiger partial charge in [-0.25, -0.2) is 0 Å². The zero-order chi connectivity index (χ0) is 11.4. The molecule has 1 unspecified atom stereocenters. The Balaban J connectivity index is 2.28. The first-order valence-electron chi connectivity index (χ1n) is 6.21. The molecule has 1 aromatic carbocycles. The van der Waals surface area contributed by atoms with Crippen LogP contribution in [0.3, 0.4) is 0 Å². The summed E-state index contributed by atoms with van der Waals surface area (Å²) in [5.41, 5.74) is 2.60. The average molecular weight is 232 g/mol. The van der Waals surface area contributed by atoms with Gasteiger partial charge in [-0.3, -0.25) is 0 Å². The third-order valence-corrected chi connectivity index (χ3v) is 6.06. The smallest absolute Gasteiger partial charge is 0.208 e. The van der Waals surface area contributed by atoms with Crippen LogP contribution in [0.25, 0.3) is 5.57 Å². The summed E-state index contributed by atoms with van der Waals surface area (Å²) in [4.78, 5) is 0. The van der Waals surface area contributed by atoms with Gasteiger partial charge >= 0.3 is 0 Å². The Labute approximate surface area is 99.9 Å². The second-order valence-corrected chi connectivity index (χ2v) is 6.91. The van der Waals surface area contributed by atoms with Gasteiger partial charge in [0.25, 0.3) is 0 Å². The third kappa shape index (κ3) is 2.44. The van der Waals surface area contributed by atoms with Crippen molar-refractivity contribution in [3.63, 3.8) is 0 Å². The van der Waals surface area contributed by atoms with Crippen molar-refractivity contribution >= 4 is 19.8 Å². The Morgan fingerprint density at radius 2 is 2.19 bits per heavy atom. The predicted octanol–water partition coefficient (Wildman–Crippen LogP) is 2.85. The molecule has 0 bridgehead atoms. The van der Waals surface area contributed by atoms with Crippen molar-refractivity contribution in [3.05, 3.63) is 36.4 Å². The molecule has 1 atom stereocenters. The minimum absolute atomic E-state index is 0.962. The van der Waals surface area contributed by atoms with Gasteiger partial charge in [0, 0.05) is 6.61 Å². The molecule has 2 heteroatoms. The fourth-order valence-corrected chi connectivity index (χ4v) is 5.02. The van der Waals surface area contributed by atoms with Crippen molar-refractivity contribution in [3.8, 4) is 0 Å². The van der Waals surface area contributed by atoms with E-state index in [2.05, 4.69) is 37.8 Å². The van der Waals surface area contributed by atoms with E-state index >= 15 is 0 Å². The lowest BCUT2D eigenvalue weighted by Crippen LogP contribution is -2.38. The average Bonchev–Trinajstić information content (AvgIpc) is 2.39. The van der Waals surface area contributed by atoms with E-state index in [-0.39, 0.29) is 0 Å². The van der Waals surface area contributed by atoms with Gasteiger partial charge in [-0.05, 0) is 35.2 Å². The maximum atomic E-state index is 6.00. The number of rotatable bonds is 3. The number of hydrogen-bond acceptors (Lipinski definition) is 1. The molecule has 0 aromatic heterocycles. The van der Waals surface area contributed by atoms with Gasteiger partial charge in [0.2, 0.25) is 9.04 Å². The maximum absolute atomic E-state index is 6.00. The first kappa shape index (κ1) is 11.6. The van der Waals surface area contributed by atoms with Crippen LogP contribution >= 0.6 is 0 Å². The van der Waals surface area contributed by atoms with E-state index in [1.54, 1.807) is 0 Å². The van der Waals surface area contributed by atoms with Crippen molar-refractivity contribution in [2.24, 2.45) is 0 Å². The summed E-state index contributed by atoms with van der Waals surface area (Å²) in [5, 5.41) is 1.47. The number of benzene rings is 1. The monoisotopic (exact) mass is 232 g/mol. The molecule has 0 saturated carbocycles. The summed E-state index contributed by atoms with van der Waals surface area (Å²) in [6, 6.07) is 9.97. The van der Waals surface area contributed by atoms with Crippen molar-refractivity contribution in [2.45, 2.75) is 32.2 Å². The summed E-state index contributed by atoms with van der Waals surface area (Å²) in [6.07, 6.45) is 3.60. The standard InChI is InChI=1S/C14H20OSi/c1-3-12(2)13-8-4-5-9-14(13)16-11-7-6-10-15-16/h4-5,8-9,16H,2-3,6-7,10-11H2,1H3. The highest BCUT2D eigenvalue weighted by Crippen LogP contribution is 2.18. The van der Waals surface area contributed by atoms with Crippen LogP contribution in [0.5, 0.6) is 0 Å². The summed E-state index contributed by atoms with van der Waals surface area (Å²) in [5.74, 6) is 0. The topological polar surface area (TPSA) is 9.23 Å². The number of hydrogen-bond donors (Lipinski definition) is 0. The lowest BCUT2D eigenvalue weighted by Gasteiger charge is -2.24. The van der Waals surface area contributed by atoms with Gasteiger partial charge in [0.15, 0.2) is 0 Å². The fourth-order valence-electron chi connectivity index (χ4n) is 2.28. The molecule has 0 amide bonds. The highest BCUT2D eigenvalue weighted by Gasteiger charge is 2.21. The normalized spacial score (nSPS) is 20.7. The Hall–Kier alpha value is -0.863. The van der Waals surface area contributed by atoms with Gasteiger partial charge in [-0.15, -0.1) is 0 Å². The summed E-state index contributed by atoms with van der Waals surface area (Å²) in [6.45, 7) is 7.30.